The van der Waals surface area contributed by atoms with E-state index in [0.29, 0.717) is 43.6 Å². The highest BCUT2D eigenvalue weighted by atomic mass is 16.2. The van der Waals surface area contributed by atoms with Gasteiger partial charge >= 0.3 is 0 Å². The first-order chi connectivity index (χ1) is 16.4. The molecule has 2 aromatic rings. The fourth-order valence-electron chi connectivity index (χ4n) is 5.54. The molecule has 1 aliphatic heterocycles. The Balaban J connectivity index is 1.94. The van der Waals surface area contributed by atoms with Crippen molar-refractivity contribution in [1.29, 1.82) is 0 Å². The number of rotatable bonds is 2. The van der Waals surface area contributed by atoms with Gasteiger partial charge in [0.05, 0.1) is 11.6 Å². The largest absolute Gasteiger partial charge is 0.382 e. The van der Waals surface area contributed by atoms with Crippen molar-refractivity contribution in [2.75, 3.05) is 18.4 Å². The van der Waals surface area contributed by atoms with Crippen LogP contribution in [0.25, 0.3) is 5.69 Å². The summed E-state index contributed by atoms with van der Waals surface area (Å²) in [6, 6.07) is 5.00. The van der Waals surface area contributed by atoms with E-state index < -0.39 is 11.9 Å². The number of primary amides is 1. The Morgan fingerprint density at radius 2 is 1.89 bits per heavy atom. The minimum absolute atomic E-state index is 0.00791. The Hall–Kier alpha value is -3.13. The standard InChI is InChI=1S/C27H37N5O3/c1-15-8-10-31(26(35)17(3)28)11-9-21-16(2)24-22(13-27(4,5)14-23(24)33)32(21)18-6-7-19(25(29)34)20(12-18)30-15/h6-7,12,15,17,30H,8-11,13-14,28H2,1-5H3,(H2,29,34)/t15-,17-/m0/s1. The zero-order valence-electron chi connectivity index (χ0n) is 21.4. The van der Waals surface area contributed by atoms with E-state index in [4.69, 9.17) is 11.5 Å². The molecule has 0 unspecified atom stereocenters. The second kappa shape index (κ2) is 9.15. The summed E-state index contributed by atoms with van der Waals surface area (Å²) in [6.07, 6.45) is 2.54. The maximum absolute atomic E-state index is 13.3. The molecule has 8 heteroatoms. The van der Waals surface area contributed by atoms with E-state index in [1.165, 1.54) is 0 Å². The van der Waals surface area contributed by atoms with Gasteiger partial charge in [-0.3, -0.25) is 14.4 Å². The van der Waals surface area contributed by atoms with Gasteiger partial charge in [0.15, 0.2) is 5.78 Å². The van der Waals surface area contributed by atoms with Crippen LogP contribution in [-0.2, 0) is 17.6 Å². The Kier molecular flexibility index (Phi) is 6.53. The highest BCUT2D eigenvalue weighted by molar-refractivity contribution is 6.01. The summed E-state index contributed by atoms with van der Waals surface area (Å²) < 4.78 is 2.17. The third-order valence-electron chi connectivity index (χ3n) is 7.28. The molecule has 2 amide bonds. The van der Waals surface area contributed by atoms with Crippen molar-refractivity contribution >= 4 is 23.3 Å². The summed E-state index contributed by atoms with van der Waals surface area (Å²) in [5.74, 6) is -0.444. The van der Waals surface area contributed by atoms with Crippen LogP contribution in [0.2, 0.25) is 0 Å². The maximum atomic E-state index is 13.3. The first kappa shape index (κ1) is 25.0. The Labute approximate surface area is 207 Å². The van der Waals surface area contributed by atoms with Crippen LogP contribution in [0.3, 0.4) is 0 Å². The molecule has 2 aliphatic rings. The van der Waals surface area contributed by atoms with E-state index in [1.54, 1.807) is 13.0 Å². The SMILES string of the molecule is Cc1c2c(n3c1CCN(C(=O)[C@H](C)N)CC[C@H](C)Nc1cc-3ccc1C(N)=O)CC(C)(C)CC2=O. The lowest BCUT2D eigenvalue weighted by atomic mass is 9.75. The summed E-state index contributed by atoms with van der Waals surface area (Å²) in [5.41, 5.74) is 17.2. The van der Waals surface area contributed by atoms with Crippen LogP contribution in [0.1, 0.15) is 78.2 Å². The Morgan fingerprint density at radius 3 is 2.54 bits per heavy atom. The number of anilines is 1. The van der Waals surface area contributed by atoms with Crippen LogP contribution >= 0.6 is 0 Å². The van der Waals surface area contributed by atoms with E-state index in [1.807, 2.05) is 30.9 Å². The van der Waals surface area contributed by atoms with Gasteiger partial charge in [0.25, 0.3) is 5.91 Å². The predicted octanol–water partition coefficient (Wildman–Crippen LogP) is 2.96. The van der Waals surface area contributed by atoms with Crippen molar-refractivity contribution < 1.29 is 14.4 Å². The molecule has 2 atom stereocenters. The number of nitrogens with one attached hydrogen (secondary N) is 1. The second-order valence-corrected chi connectivity index (χ2v) is 11.0. The quantitative estimate of drug-likeness (QED) is 0.611. The van der Waals surface area contributed by atoms with E-state index in [2.05, 4.69) is 23.7 Å². The minimum atomic E-state index is -0.594. The molecular weight excluding hydrogens is 442 g/mol. The molecule has 5 N–H and O–H groups in total. The van der Waals surface area contributed by atoms with Crippen molar-refractivity contribution in [3.05, 3.63) is 46.3 Å². The number of carbonyl (C=O) groups is 3. The number of hydrogen-bond acceptors (Lipinski definition) is 5. The van der Waals surface area contributed by atoms with Gasteiger partial charge in [0.2, 0.25) is 5.91 Å². The van der Waals surface area contributed by atoms with E-state index in [9.17, 15) is 14.4 Å². The van der Waals surface area contributed by atoms with Gasteiger partial charge in [-0.25, -0.2) is 0 Å². The van der Waals surface area contributed by atoms with Gasteiger partial charge in [-0.05, 0) is 62.8 Å². The highest BCUT2D eigenvalue weighted by Gasteiger charge is 2.37. The van der Waals surface area contributed by atoms with Crippen molar-refractivity contribution in [2.45, 2.75) is 72.4 Å². The van der Waals surface area contributed by atoms with Crippen molar-refractivity contribution in [2.24, 2.45) is 16.9 Å². The number of benzene rings is 1. The number of amides is 2. The molecule has 0 radical (unpaired) electrons. The fourth-order valence-corrected chi connectivity index (χ4v) is 5.54. The van der Waals surface area contributed by atoms with Crippen LogP contribution in [0, 0.1) is 12.3 Å². The Bertz CT molecular complexity index is 1190. The lowest BCUT2D eigenvalue weighted by Gasteiger charge is -2.31. The lowest BCUT2D eigenvalue weighted by molar-refractivity contribution is -0.132. The summed E-state index contributed by atoms with van der Waals surface area (Å²) in [4.78, 5) is 40.2. The molecule has 1 aliphatic carbocycles. The van der Waals surface area contributed by atoms with Gasteiger partial charge in [-0.1, -0.05) is 13.8 Å². The molecule has 4 rings (SSSR count). The highest BCUT2D eigenvalue weighted by Crippen LogP contribution is 2.40. The average molecular weight is 480 g/mol. The molecule has 1 aromatic heterocycles. The second-order valence-electron chi connectivity index (χ2n) is 11.0. The maximum Gasteiger partial charge on any atom is 0.250 e. The van der Waals surface area contributed by atoms with Crippen molar-refractivity contribution in [3.63, 3.8) is 0 Å². The topological polar surface area (TPSA) is 123 Å². The van der Waals surface area contributed by atoms with Crippen LogP contribution in [0.15, 0.2) is 18.2 Å². The molecule has 188 valence electrons. The number of Topliss-reactive ketones (excluding diaryl/α,β-unsaturated/α-hetero) is 1. The van der Waals surface area contributed by atoms with Crippen LogP contribution in [0.5, 0.6) is 0 Å². The molecule has 0 saturated carbocycles. The average Bonchev–Trinajstić information content (AvgIpc) is 3.02. The van der Waals surface area contributed by atoms with Gasteiger partial charge in [0, 0.05) is 60.3 Å². The molecule has 0 fully saturated rings. The smallest absolute Gasteiger partial charge is 0.250 e. The van der Waals surface area contributed by atoms with Gasteiger partial charge in [-0.15, -0.1) is 0 Å². The van der Waals surface area contributed by atoms with Crippen molar-refractivity contribution in [1.82, 2.24) is 9.47 Å². The molecule has 35 heavy (non-hydrogen) atoms. The first-order valence-electron chi connectivity index (χ1n) is 12.4. The summed E-state index contributed by atoms with van der Waals surface area (Å²) >= 11 is 0. The summed E-state index contributed by atoms with van der Waals surface area (Å²) in [6.45, 7) is 11.0. The van der Waals surface area contributed by atoms with Crippen molar-refractivity contribution in [3.8, 4) is 5.69 Å². The number of hydrogen-bond donors (Lipinski definition) is 3. The predicted molar refractivity (Wildman–Crippen MR) is 137 cm³/mol. The number of nitrogens with two attached hydrogens (primary N) is 2. The number of fused-ring (bicyclic) bond motifs is 6. The van der Waals surface area contributed by atoms with Crippen LogP contribution in [0.4, 0.5) is 5.69 Å². The normalized spacial score (nSPS) is 20.6. The van der Waals surface area contributed by atoms with E-state index >= 15 is 0 Å². The molecular formula is C27H37N5O3. The monoisotopic (exact) mass is 479 g/mol. The molecule has 2 heterocycles. The third-order valence-corrected chi connectivity index (χ3v) is 7.28. The number of aromatic nitrogens is 1. The van der Waals surface area contributed by atoms with Crippen LogP contribution < -0.4 is 16.8 Å². The first-order valence-corrected chi connectivity index (χ1v) is 12.4. The minimum Gasteiger partial charge on any atom is -0.382 e. The molecule has 2 bridgehead atoms. The fraction of sp³-hybridized carbons (Fsp3) is 0.519. The lowest BCUT2D eigenvalue weighted by Crippen LogP contribution is -2.44. The van der Waals surface area contributed by atoms with Gasteiger partial charge in [-0.2, -0.15) is 0 Å². The Morgan fingerprint density at radius 1 is 1.17 bits per heavy atom. The van der Waals surface area contributed by atoms with E-state index in [-0.39, 0.29) is 23.1 Å². The van der Waals surface area contributed by atoms with Gasteiger partial charge < -0.3 is 26.3 Å². The zero-order chi connectivity index (χ0) is 25.7. The molecule has 0 spiro atoms. The third kappa shape index (κ3) is 4.72. The molecule has 8 nitrogen and oxygen atoms in total. The zero-order valence-corrected chi connectivity index (χ0v) is 21.4. The van der Waals surface area contributed by atoms with Gasteiger partial charge in [0.1, 0.15) is 0 Å². The number of nitrogens with zero attached hydrogens (tertiary/aromatic N) is 2. The molecule has 1 aromatic carbocycles. The van der Waals surface area contributed by atoms with Crippen LogP contribution in [-0.4, -0.2) is 52.2 Å². The summed E-state index contributed by atoms with van der Waals surface area (Å²) in [7, 11) is 0. The summed E-state index contributed by atoms with van der Waals surface area (Å²) in [5, 5.41) is 3.43. The number of ketones is 1. The molecule has 0 saturated heterocycles. The van der Waals surface area contributed by atoms with E-state index in [0.717, 1.165) is 34.6 Å². The number of carbonyl (C=O) groups excluding carboxylic acids is 3.